The highest BCUT2D eigenvalue weighted by Gasteiger charge is 2.35. The molecule has 3 N–H and O–H groups in total. The van der Waals surface area contributed by atoms with Crippen LogP contribution in [0.25, 0.3) is 5.70 Å². The maximum Gasteiger partial charge on any atom is 0.338 e. The van der Waals surface area contributed by atoms with E-state index in [1.165, 1.54) is 20.3 Å². The molecule has 8 heteroatoms. The summed E-state index contributed by atoms with van der Waals surface area (Å²) in [7, 11) is 2.75. The van der Waals surface area contributed by atoms with Crippen LogP contribution in [0, 0.1) is 0 Å². The van der Waals surface area contributed by atoms with Crippen LogP contribution in [0.15, 0.2) is 54.1 Å². The number of carbonyl (C=O) groups is 3. The van der Waals surface area contributed by atoms with E-state index in [4.69, 9.17) is 9.47 Å². The lowest BCUT2D eigenvalue weighted by Crippen LogP contribution is -2.45. The Morgan fingerprint density at radius 1 is 1.04 bits per heavy atom. The van der Waals surface area contributed by atoms with Crippen molar-refractivity contribution in [2.75, 3.05) is 14.2 Å². The van der Waals surface area contributed by atoms with E-state index in [0.717, 1.165) is 0 Å². The highest BCUT2D eigenvalue weighted by atomic mass is 16.5. The second-order valence-corrected chi connectivity index (χ2v) is 5.93. The SMILES string of the molecule is COC(=O)C1=C(c2ccc(OC)cc2)NC(=O)NC1c1ccccc1C(=O)O. The minimum atomic E-state index is -1.17. The third-order valence-electron chi connectivity index (χ3n) is 4.36. The molecule has 0 spiro atoms. The molecule has 0 radical (unpaired) electrons. The molecule has 0 saturated carbocycles. The first-order valence-electron chi connectivity index (χ1n) is 8.33. The minimum Gasteiger partial charge on any atom is -0.497 e. The predicted octanol–water partition coefficient (Wildman–Crippen LogP) is 2.33. The Labute approximate surface area is 160 Å². The van der Waals surface area contributed by atoms with Crippen LogP contribution >= 0.6 is 0 Å². The smallest absolute Gasteiger partial charge is 0.338 e. The third-order valence-corrected chi connectivity index (χ3v) is 4.36. The molecule has 0 aromatic heterocycles. The zero-order chi connectivity index (χ0) is 20.3. The number of urea groups is 1. The van der Waals surface area contributed by atoms with Gasteiger partial charge in [-0.3, -0.25) is 0 Å². The van der Waals surface area contributed by atoms with Crippen molar-refractivity contribution in [3.63, 3.8) is 0 Å². The van der Waals surface area contributed by atoms with E-state index in [9.17, 15) is 19.5 Å². The van der Waals surface area contributed by atoms with Crippen molar-refractivity contribution >= 4 is 23.7 Å². The normalized spacial score (nSPS) is 16.1. The summed E-state index contributed by atoms with van der Waals surface area (Å²) in [6.07, 6.45) is 0. The Kier molecular flexibility index (Phi) is 5.30. The molecule has 1 atom stereocenters. The Bertz CT molecular complexity index is 965. The molecule has 28 heavy (non-hydrogen) atoms. The van der Waals surface area contributed by atoms with Crippen LogP contribution in [0.3, 0.4) is 0 Å². The maximum atomic E-state index is 12.6. The lowest BCUT2D eigenvalue weighted by Gasteiger charge is -2.30. The number of nitrogens with one attached hydrogen (secondary N) is 2. The van der Waals surface area contributed by atoms with E-state index in [0.29, 0.717) is 11.3 Å². The fraction of sp³-hybridized carbons (Fsp3) is 0.150. The molecular weight excluding hydrogens is 364 g/mol. The van der Waals surface area contributed by atoms with Gasteiger partial charge in [0.1, 0.15) is 5.75 Å². The van der Waals surface area contributed by atoms with Crippen molar-refractivity contribution in [2.45, 2.75) is 6.04 Å². The summed E-state index contributed by atoms with van der Waals surface area (Å²) in [5.41, 5.74) is 1.14. The number of aromatic carboxylic acids is 1. The van der Waals surface area contributed by atoms with Gasteiger partial charge in [0.2, 0.25) is 0 Å². The number of hydrogen-bond acceptors (Lipinski definition) is 5. The fourth-order valence-electron chi connectivity index (χ4n) is 3.06. The lowest BCUT2D eigenvalue weighted by molar-refractivity contribution is -0.136. The Balaban J connectivity index is 2.22. The summed E-state index contributed by atoms with van der Waals surface area (Å²) in [4.78, 5) is 36.6. The summed E-state index contributed by atoms with van der Waals surface area (Å²) in [6.45, 7) is 0. The molecule has 1 aliphatic rings. The number of amides is 2. The van der Waals surface area contributed by atoms with Gasteiger partial charge in [-0.05, 0) is 41.5 Å². The van der Waals surface area contributed by atoms with Gasteiger partial charge < -0.3 is 25.2 Å². The standard InChI is InChI=1S/C20H18N2O6/c1-27-12-9-7-11(8-10-12)16-15(19(25)28-2)17(22-20(26)21-16)13-5-3-4-6-14(13)18(23)24/h3-10,17H,1-2H3,(H,23,24)(H2,21,22,26). The van der Waals surface area contributed by atoms with Crippen molar-refractivity contribution in [2.24, 2.45) is 0 Å². The largest absolute Gasteiger partial charge is 0.497 e. The van der Waals surface area contributed by atoms with Crippen LogP contribution in [0.2, 0.25) is 0 Å². The Morgan fingerprint density at radius 3 is 2.32 bits per heavy atom. The van der Waals surface area contributed by atoms with E-state index < -0.39 is 24.0 Å². The van der Waals surface area contributed by atoms with E-state index in [1.54, 1.807) is 42.5 Å². The number of hydrogen-bond donors (Lipinski definition) is 3. The highest BCUT2D eigenvalue weighted by molar-refractivity contribution is 6.05. The number of esters is 1. The summed E-state index contributed by atoms with van der Waals surface area (Å²) in [6, 6.07) is 11.3. The van der Waals surface area contributed by atoms with E-state index in [1.807, 2.05) is 0 Å². The summed E-state index contributed by atoms with van der Waals surface area (Å²) < 4.78 is 10.0. The number of ether oxygens (including phenoxy) is 2. The van der Waals surface area contributed by atoms with Crippen LogP contribution in [0.5, 0.6) is 5.75 Å². The molecule has 1 unspecified atom stereocenters. The van der Waals surface area contributed by atoms with Gasteiger partial charge in [0.15, 0.2) is 0 Å². The average molecular weight is 382 g/mol. The van der Waals surface area contributed by atoms with Crippen molar-refractivity contribution in [1.29, 1.82) is 0 Å². The highest BCUT2D eigenvalue weighted by Crippen LogP contribution is 2.33. The number of rotatable bonds is 5. The van der Waals surface area contributed by atoms with Crippen LogP contribution in [0.4, 0.5) is 4.79 Å². The Morgan fingerprint density at radius 2 is 1.71 bits per heavy atom. The predicted molar refractivity (Wildman–Crippen MR) is 99.7 cm³/mol. The molecule has 0 aliphatic carbocycles. The van der Waals surface area contributed by atoms with E-state index in [2.05, 4.69) is 10.6 Å². The number of benzene rings is 2. The monoisotopic (exact) mass is 382 g/mol. The van der Waals surface area contributed by atoms with Crippen LogP contribution in [0.1, 0.15) is 27.5 Å². The van der Waals surface area contributed by atoms with Crippen molar-refractivity contribution in [3.8, 4) is 5.75 Å². The van der Waals surface area contributed by atoms with Gasteiger partial charge >= 0.3 is 18.0 Å². The van der Waals surface area contributed by atoms with Crippen LogP contribution in [-0.2, 0) is 9.53 Å². The molecular formula is C20H18N2O6. The zero-order valence-electron chi connectivity index (χ0n) is 15.2. The van der Waals surface area contributed by atoms with Gasteiger partial charge in [-0.15, -0.1) is 0 Å². The van der Waals surface area contributed by atoms with Gasteiger partial charge in [-0.2, -0.15) is 0 Å². The maximum absolute atomic E-state index is 12.6. The quantitative estimate of drug-likeness (QED) is 0.684. The molecule has 8 nitrogen and oxygen atoms in total. The summed E-state index contributed by atoms with van der Waals surface area (Å²) in [5, 5.41) is 14.8. The fourth-order valence-corrected chi connectivity index (χ4v) is 3.06. The topological polar surface area (TPSA) is 114 Å². The van der Waals surface area contributed by atoms with Crippen LogP contribution in [-0.4, -0.2) is 37.3 Å². The van der Waals surface area contributed by atoms with E-state index in [-0.39, 0.29) is 22.4 Å². The molecule has 3 rings (SSSR count). The van der Waals surface area contributed by atoms with Gasteiger partial charge in [-0.1, -0.05) is 18.2 Å². The number of carboxylic acid groups (broad SMARTS) is 1. The van der Waals surface area contributed by atoms with Crippen molar-refractivity contribution in [3.05, 3.63) is 70.8 Å². The average Bonchev–Trinajstić information content (AvgIpc) is 2.72. The second kappa shape index (κ2) is 7.83. The number of methoxy groups -OCH3 is 2. The summed E-state index contributed by atoms with van der Waals surface area (Å²) >= 11 is 0. The lowest BCUT2D eigenvalue weighted by atomic mass is 9.90. The van der Waals surface area contributed by atoms with Crippen molar-refractivity contribution < 1.29 is 29.0 Å². The zero-order valence-corrected chi connectivity index (χ0v) is 15.2. The molecule has 2 aromatic carbocycles. The first kappa shape index (κ1) is 19.0. The third kappa shape index (κ3) is 3.52. The van der Waals surface area contributed by atoms with Crippen LogP contribution < -0.4 is 15.4 Å². The van der Waals surface area contributed by atoms with E-state index >= 15 is 0 Å². The Hall–Kier alpha value is -3.81. The molecule has 2 amide bonds. The summed E-state index contributed by atoms with van der Waals surface area (Å²) in [5.74, 6) is -1.25. The molecule has 0 bridgehead atoms. The first-order chi connectivity index (χ1) is 13.5. The van der Waals surface area contributed by atoms with Gasteiger partial charge in [0.25, 0.3) is 0 Å². The van der Waals surface area contributed by atoms with Gasteiger partial charge in [-0.25, -0.2) is 14.4 Å². The molecule has 2 aromatic rings. The number of carbonyl (C=O) groups excluding carboxylic acids is 2. The molecule has 0 fully saturated rings. The first-order valence-corrected chi connectivity index (χ1v) is 8.33. The van der Waals surface area contributed by atoms with Gasteiger partial charge in [0.05, 0.1) is 37.1 Å². The number of carboxylic acids is 1. The molecule has 144 valence electrons. The van der Waals surface area contributed by atoms with Gasteiger partial charge in [0, 0.05) is 0 Å². The molecule has 1 aliphatic heterocycles. The molecule has 1 heterocycles. The minimum absolute atomic E-state index is 0.0230. The van der Waals surface area contributed by atoms with Crippen molar-refractivity contribution in [1.82, 2.24) is 10.6 Å². The molecule has 0 saturated heterocycles. The second-order valence-electron chi connectivity index (χ2n) is 5.93.